The van der Waals surface area contributed by atoms with Gasteiger partial charge in [0.15, 0.2) is 0 Å². The lowest BCUT2D eigenvalue weighted by atomic mass is 9.68. The first-order valence-electron chi connectivity index (χ1n) is 10.1. The molecule has 0 aliphatic heterocycles. The molecule has 1 atom stereocenters. The average Bonchev–Trinajstić information content (AvgIpc) is 2.58. The van der Waals surface area contributed by atoms with Crippen LogP contribution < -0.4 is 5.32 Å². The average molecular weight is 346 g/mol. The van der Waals surface area contributed by atoms with E-state index in [4.69, 9.17) is 0 Å². The maximum atomic E-state index is 3.94. The number of allylic oxidation sites excluding steroid dienone is 1. The Kier molecular flexibility index (Phi) is 11.0. The van der Waals surface area contributed by atoms with Gasteiger partial charge in [-0.25, -0.2) is 0 Å². The summed E-state index contributed by atoms with van der Waals surface area (Å²) in [5.74, 6) is 1.57. The van der Waals surface area contributed by atoms with E-state index in [9.17, 15) is 0 Å². The summed E-state index contributed by atoms with van der Waals surface area (Å²) in [4.78, 5) is 0. The summed E-state index contributed by atoms with van der Waals surface area (Å²) in [6, 6.07) is 6.58. The van der Waals surface area contributed by atoms with Crippen molar-refractivity contribution in [1.82, 2.24) is 5.32 Å². The number of aryl methyl sites for hydroxylation is 2. The van der Waals surface area contributed by atoms with Gasteiger partial charge in [-0.1, -0.05) is 84.7 Å². The van der Waals surface area contributed by atoms with Gasteiger partial charge in [-0.05, 0) is 67.8 Å². The third-order valence-electron chi connectivity index (χ3n) is 5.90. The van der Waals surface area contributed by atoms with Crippen LogP contribution in [0.1, 0.15) is 78.0 Å². The molecule has 1 N–H and O–H groups in total. The molecule has 0 radical (unpaired) electrons. The van der Waals surface area contributed by atoms with E-state index in [1.54, 1.807) is 0 Å². The number of nitrogens with one attached hydrogen (secondary N) is 1. The van der Waals surface area contributed by atoms with Gasteiger partial charge in [0.25, 0.3) is 0 Å². The van der Waals surface area contributed by atoms with Crippen molar-refractivity contribution in [2.45, 2.75) is 74.7 Å². The molecule has 0 spiro atoms. The fourth-order valence-corrected chi connectivity index (χ4v) is 3.71. The van der Waals surface area contributed by atoms with Crippen molar-refractivity contribution in [3.63, 3.8) is 0 Å². The van der Waals surface area contributed by atoms with Crippen LogP contribution in [0.5, 0.6) is 0 Å². The second-order valence-corrected chi connectivity index (χ2v) is 8.05. The normalized spacial score (nSPS) is 12.6. The van der Waals surface area contributed by atoms with Crippen LogP contribution in [0.3, 0.4) is 0 Å². The first-order valence-corrected chi connectivity index (χ1v) is 10.1. The largest absolute Gasteiger partial charge is 0.319 e. The van der Waals surface area contributed by atoms with Crippen LogP contribution in [0.4, 0.5) is 0 Å². The molecular formula is C24H43N. The van der Waals surface area contributed by atoms with Crippen molar-refractivity contribution in [1.29, 1.82) is 0 Å². The van der Waals surface area contributed by atoms with Gasteiger partial charge < -0.3 is 5.32 Å². The fourth-order valence-electron chi connectivity index (χ4n) is 3.71. The molecule has 0 saturated heterocycles. The molecule has 1 nitrogen and oxygen atoms in total. The Hall–Kier alpha value is -1.08. The lowest BCUT2D eigenvalue weighted by molar-refractivity contribution is 0.121. The van der Waals surface area contributed by atoms with Gasteiger partial charge in [0, 0.05) is 0 Å². The smallest absolute Gasteiger partial charge is 0.00159 e. The monoisotopic (exact) mass is 345 g/mol. The van der Waals surface area contributed by atoms with E-state index in [1.165, 1.54) is 29.5 Å². The highest BCUT2D eigenvalue weighted by atomic mass is 14.8. The fraction of sp³-hybridized carbons (Fsp3) is 0.667. The molecule has 0 amide bonds. The predicted octanol–water partition coefficient (Wildman–Crippen LogP) is 6.89. The Morgan fingerprint density at radius 3 is 2.04 bits per heavy atom. The summed E-state index contributed by atoms with van der Waals surface area (Å²) < 4.78 is 0. The summed E-state index contributed by atoms with van der Waals surface area (Å²) in [5.41, 5.74) is 5.68. The number of benzene rings is 1. The highest BCUT2D eigenvalue weighted by Gasteiger charge is 2.32. The van der Waals surface area contributed by atoms with E-state index < -0.39 is 0 Å². The van der Waals surface area contributed by atoms with Gasteiger partial charge >= 0.3 is 0 Å². The van der Waals surface area contributed by atoms with Crippen LogP contribution >= 0.6 is 0 Å². The minimum Gasteiger partial charge on any atom is -0.319 e. The third-order valence-corrected chi connectivity index (χ3v) is 5.90. The Morgan fingerprint density at radius 2 is 1.72 bits per heavy atom. The lowest BCUT2D eigenvalue weighted by Gasteiger charge is -2.39. The molecule has 0 saturated carbocycles. The van der Waals surface area contributed by atoms with Crippen LogP contribution in [0.25, 0.3) is 5.57 Å². The first kappa shape index (κ1) is 23.9. The van der Waals surface area contributed by atoms with Crippen LogP contribution in [-0.4, -0.2) is 13.6 Å². The van der Waals surface area contributed by atoms with Gasteiger partial charge in [0.05, 0.1) is 0 Å². The molecule has 0 aromatic heterocycles. The second-order valence-electron chi connectivity index (χ2n) is 8.05. The van der Waals surface area contributed by atoms with Crippen molar-refractivity contribution in [3.8, 4) is 0 Å². The van der Waals surface area contributed by atoms with Crippen molar-refractivity contribution >= 4 is 5.57 Å². The summed E-state index contributed by atoms with van der Waals surface area (Å²) in [6.07, 6.45) is 3.68. The molecule has 144 valence electrons. The van der Waals surface area contributed by atoms with Crippen molar-refractivity contribution in [3.05, 3.63) is 41.5 Å². The molecule has 0 aliphatic carbocycles. The Balaban J connectivity index is 0.000000462. The molecule has 1 heteroatoms. The van der Waals surface area contributed by atoms with E-state index >= 15 is 0 Å². The zero-order chi connectivity index (χ0) is 19.6. The standard InChI is InChI=1S/C12H27N.C12H16/c1-7-12(5,8-2)11(9-13-6)10(3)4;1-5-11-6-7-12(9(2)3)10(4)8-11/h10-11,13H,7-9H2,1-6H3;6-8H,2,5H2,1,3-4H3. The Morgan fingerprint density at radius 1 is 1.16 bits per heavy atom. The quantitative estimate of drug-likeness (QED) is 0.540. The summed E-state index contributed by atoms with van der Waals surface area (Å²) in [7, 11) is 2.06. The predicted molar refractivity (Wildman–Crippen MR) is 116 cm³/mol. The third kappa shape index (κ3) is 7.36. The van der Waals surface area contributed by atoms with Crippen LogP contribution in [-0.2, 0) is 6.42 Å². The first-order chi connectivity index (χ1) is 11.7. The Labute approximate surface area is 158 Å². The summed E-state index contributed by atoms with van der Waals surface area (Å²) in [5, 5.41) is 3.32. The number of hydrogen-bond acceptors (Lipinski definition) is 1. The Bertz CT molecular complexity index is 509. The second kappa shape index (κ2) is 11.5. The molecule has 1 aromatic carbocycles. The molecule has 0 aliphatic rings. The van der Waals surface area contributed by atoms with Gasteiger partial charge in [-0.3, -0.25) is 0 Å². The number of rotatable bonds is 8. The van der Waals surface area contributed by atoms with Gasteiger partial charge in [-0.15, -0.1) is 0 Å². The van der Waals surface area contributed by atoms with Crippen molar-refractivity contribution in [2.75, 3.05) is 13.6 Å². The molecular weight excluding hydrogens is 302 g/mol. The highest BCUT2D eigenvalue weighted by molar-refractivity contribution is 5.64. The summed E-state index contributed by atoms with van der Waals surface area (Å²) in [6.45, 7) is 23.2. The SMILES string of the molecule is C=C(C)c1ccc(CC)cc1C.CCC(C)(CC)C(CNC)C(C)C. The van der Waals surface area contributed by atoms with E-state index in [0.717, 1.165) is 30.4 Å². The minimum atomic E-state index is 0.511. The maximum Gasteiger partial charge on any atom is -0.00159 e. The van der Waals surface area contributed by atoms with Gasteiger partial charge in [-0.2, -0.15) is 0 Å². The molecule has 0 bridgehead atoms. The minimum absolute atomic E-state index is 0.511. The van der Waals surface area contributed by atoms with Crippen molar-refractivity contribution < 1.29 is 0 Å². The van der Waals surface area contributed by atoms with E-state index in [-0.39, 0.29) is 0 Å². The maximum absolute atomic E-state index is 3.94. The summed E-state index contributed by atoms with van der Waals surface area (Å²) >= 11 is 0. The molecule has 0 heterocycles. The van der Waals surface area contributed by atoms with Gasteiger partial charge in [0.2, 0.25) is 0 Å². The zero-order valence-corrected chi connectivity index (χ0v) is 18.4. The highest BCUT2D eigenvalue weighted by Crippen LogP contribution is 2.38. The topological polar surface area (TPSA) is 12.0 Å². The van der Waals surface area contributed by atoms with E-state index in [2.05, 4.69) is 85.6 Å². The van der Waals surface area contributed by atoms with E-state index in [1.807, 2.05) is 6.92 Å². The van der Waals surface area contributed by atoms with Crippen LogP contribution in [0.15, 0.2) is 24.8 Å². The molecule has 1 unspecified atom stereocenters. The molecule has 0 fully saturated rings. The van der Waals surface area contributed by atoms with E-state index in [0.29, 0.717) is 5.41 Å². The molecule has 1 rings (SSSR count). The number of hydrogen-bond donors (Lipinski definition) is 1. The molecule has 25 heavy (non-hydrogen) atoms. The van der Waals surface area contributed by atoms with Crippen LogP contribution in [0, 0.1) is 24.2 Å². The van der Waals surface area contributed by atoms with Crippen molar-refractivity contribution in [2.24, 2.45) is 17.3 Å². The van der Waals surface area contributed by atoms with Gasteiger partial charge in [0.1, 0.15) is 0 Å². The molecule has 1 aromatic rings. The lowest BCUT2D eigenvalue weighted by Crippen LogP contribution is -2.37. The van der Waals surface area contributed by atoms with Crippen LogP contribution in [0.2, 0.25) is 0 Å². The zero-order valence-electron chi connectivity index (χ0n) is 18.4.